The second kappa shape index (κ2) is 4.59. The van der Waals surface area contributed by atoms with Crippen LogP contribution in [0.3, 0.4) is 0 Å². The van der Waals surface area contributed by atoms with Crippen molar-refractivity contribution >= 4 is 34.6 Å². The van der Waals surface area contributed by atoms with Crippen LogP contribution in [0.15, 0.2) is 40.1 Å². The minimum absolute atomic E-state index is 0.0809. The Hall–Kier alpha value is -1.59. The highest BCUT2D eigenvalue weighted by Crippen LogP contribution is 2.31. The lowest BCUT2D eigenvalue weighted by atomic mass is 10.2. The van der Waals surface area contributed by atoms with Crippen LogP contribution in [0.4, 0.5) is 5.69 Å². The molecular weight excluding hydrogens is 268 g/mol. The van der Waals surface area contributed by atoms with Crippen molar-refractivity contribution in [3.63, 3.8) is 0 Å². The van der Waals surface area contributed by atoms with Crippen LogP contribution in [-0.4, -0.2) is 17.5 Å². The van der Waals surface area contributed by atoms with Gasteiger partial charge in [-0.3, -0.25) is 4.99 Å². The maximum atomic E-state index is 5.96. The number of hydrogen-bond donors (Lipinski definition) is 1. The SMILES string of the molecule is NC1=NCC(c2cscn2)N1c1ccc(Cl)cc1. The lowest BCUT2D eigenvalue weighted by molar-refractivity contribution is 0.746. The van der Waals surface area contributed by atoms with Crippen LogP contribution in [0.1, 0.15) is 11.7 Å². The molecule has 1 aromatic heterocycles. The second-order valence-corrected chi connectivity index (χ2v) is 5.13. The number of thiazole rings is 1. The highest BCUT2D eigenvalue weighted by atomic mass is 35.5. The van der Waals surface area contributed by atoms with E-state index in [1.165, 1.54) is 0 Å². The Morgan fingerprint density at radius 3 is 2.78 bits per heavy atom. The van der Waals surface area contributed by atoms with Gasteiger partial charge in [-0.2, -0.15) is 0 Å². The van der Waals surface area contributed by atoms with Crippen LogP contribution in [0.25, 0.3) is 0 Å². The van der Waals surface area contributed by atoms with Crippen molar-refractivity contribution in [1.82, 2.24) is 4.98 Å². The summed E-state index contributed by atoms with van der Waals surface area (Å²) in [6, 6.07) is 7.66. The first-order valence-corrected chi connectivity index (χ1v) is 6.80. The summed E-state index contributed by atoms with van der Waals surface area (Å²) in [5.74, 6) is 0.523. The van der Waals surface area contributed by atoms with Crippen LogP contribution in [0, 0.1) is 0 Å². The molecule has 1 aromatic carbocycles. The van der Waals surface area contributed by atoms with E-state index in [1.54, 1.807) is 11.3 Å². The quantitative estimate of drug-likeness (QED) is 0.919. The zero-order valence-corrected chi connectivity index (χ0v) is 11.0. The zero-order chi connectivity index (χ0) is 12.5. The number of guanidine groups is 1. The summed E-state index contributed by atoms with van der Waals surface area (Å²) < 4.78 is 0. The largest absolute Gasteiger partial charge is 0.369 e. The van der Waals surface area contributed by atoms with E-state index < -0.39 is 0 Å². The van der Waals surface area contributed by atoms with Gasteiger partial charge >= 0.3 is 0 Å². The maximum Gasteiger partial charge on any atom is 0.196 e. The molecule has 0 bridgehead atoms. The highest BCUT2D eigenvalue weighted by molar-refractivity contribution is 7.07. The zero-order valence-electron chi connectivity index (χ0n) is 9.45. The van der Waals surface area contributed by atoms with E-state index in [2.05, 4.69) is 9.98 Å². The van der Waals surface area contributed by atoms with Crippen LogP contribution < -0.4 is 10.6 Å². The molecule has 0 aliphatic carbocycles. The van der Waals surface area contributed by atoms with Crippen molar-refractivity contribution in [1.29, 1.82) is 0 Å². The lowest BCUT2D eigenvalue weighted by Gasteiger charge is -2.25. The Morgan fingerprint density at radius 2 is 2.11 bits per heavy atom. The minimum atomic E-state index is 0.0809. The van der Waals surface area contributed by atoms with Gasteiger partial charge in [-0.25, -0.2) is 4.98 Å². The van der Waals surface area contributed by atoms with E-state index in [9.17, 15) is 0 Å². The third kappa shape index (κ3) is 1.95. The number of nitrogens with zero attached hydrogens (tertiary/aromatic N) is 3. The molecule has 1 aliphatic heterocycles. The normalized spacial score (nSPS) is 19.1. The highest BCUT2D eigenvalue weighted by Gasteiger charge is 2.29. The molecule has 1 atom stereocenters. The van der Waals surface area contributed by atoms with Gasteiger partial charge in [0.25, 0.3) is 0 Å². The molecule has 0 spiro atoms. The average Bonchev–Trinajstić information content (AvgIpc) is 2.99. The Kier molecular flexibility index (Phi) is 2.93. The minimum Gasteiger partial charge on any atom is -0.369 e. The van der Waals surface area contributed by atoms with Gasteiger partial charge < -0.3 is 10.6 Å². The first-order valence-electron chi connectivity index (χ1n) is 5.48. The molecule has 6 heteroatoms. The smallest absolute Gasteiger partial charge is 0.196 e. The Labute approximate surface area is 114 Å². The number of anilines is 1. The topological polar surface area (TPSA) is 54.5 Å². The van der Waals surface area contributed by atoms with Crippen molar-refractivity contribution in [2.45, 2.75) is 6.04 Å². The predicted molar refractivity (Wildman–Crippen MR) is 75.3 cm³/mol. The van der Waals surface area contributed by atoms with E-state index in [0.717, 1.165) is 11.4 Å². The van der Waals surface area contributed by atoms with Gasteiger partial charge in [0, 0.05) is 16.1 Å². The van der Waals surface area contributed by atoms with Crippen molar-refractivity contribution < 1.29 is 0 Å². The van der Waals surface area contributed by atoms with Gasteiger partial charge in [-0.05, 0) is 24.3 Å². The number of nitrogens with two attached hydrogens (primary N) is 1. The fourth-order valence-corrected chi connectivity index (χ4v) is 2.75. The molecule has 0 fully saturated rings. The number of rotatable bonds is 2. The maximum absolute atomic E-state index is 5.96. The Morgan fingerprint density at radius 1 is 1.33 bits per heavy atom. The molecular formula is C12H11ClN4S. The molecule has 1 aliphatic rings. The summed E-state index contributed by atoms with van der Waals surface area (Å²) in [4.78, 5) is 10.6. The summed E-state index contributed by atoms with van der Waals surface area (Å²) in [5.41, 5.74) is 9.77. The first kappa shape index (κ1) is 11.5. The summed E-state index contributed by atoms with van der Waals surface area (Å²) in [7, 11) is 0. The van der Waals surface area contributed by atoms with Crippen LogP contribution in [0.5, 0.6) is 0 Å². The van der Waals surface area contributed by atoms with E-state index >= 15 is 0 Å². The lowest BCUT2D eigenvalue weighted by Crippen LogP contribution is -2.36. The van der Waals surface area contributed by atoms with E-state index in [4.69, 9.17) is 17.3 Å². The van der Waals surface area contributed by atoms with E-state index in [1.807, 2.05) is 40.1 Å². The molecule has 92 valence electrons. The van der Waals surface area contributed by atoms with Gasteiger partial charge in [-0.15, -0.1) is 11.3 Å². The molecule has 0 amide bonds. The molecule has 2 aromatic rings. The van der Waals surface area contributed by atoms with Crippen LogP contribution >= 0.6 is 22.9 Å². The molecule has 2 N–H and O–H groups in total. The van der Waals surface area contributed by atoms with Gasteiger partial charge in [0.05, 0.1) is 23.8 Å². The van der Waals surface area contributed by atoms with Gasteiger partial charge in [0.15, 0.2) is 5.96 Å². The molecule has 4 nitrogen and oxygen atoms in total. The number of halogens is 1. The van der Waals surface area contributed by atoms with Gasteiger partial charge in [0.2, 0.25) is 0 Å². The van der Waals surface area contributed by atoms with Gasteiger partial charge in [0.1, 0.15) is 0 Å². The number of aliphatic imine (C=N–C) groups is 1. The molecule has 0 saturated heterocycles. The standard InChI is InChI=1S/C12H11ClN4S/c13-8-1-3-9(4-2-8)17-11(5-15-12(17)14)10-6-18-7-16-10/h1-4,6-7,11H,5H2,(H2,14,15). The molecule has 0 saturated carbocycles. The second-order valence-electron chi connectivity index (χ2n) is 3.97. The monoisotopic (exact) mass is 278 g/mol. The number of benzene rings is 1. The van der Waals surface area contributed by atoms with Crippen molar-refractivity contribution in [3.8, 4) is 0 Å². The van der Waals surface area contributed by atoms with Crippen molar-refractivity contribution in [2.75, 3.05) is 11.4 Å². The number of hydrogen-bond acceptors (Lipinski definition) is 5. The molecule has 2 heterocycles. The fraction of sp³-hybridized carbons (Fsp3) is 0.167. The number of aromatic nitrogens is 1. The molecule has 0 radical (unpaired) electrons. The van der Waals surface area contributed by atoms with E-state index in [0.29, 0.717) is 17.5 Å². The van der Waals surface area contributed by atoms with Crippen LogP contribution in [-0.2, 0) is 0 Å². The predicted octanol–water partition coefficient (Wildman–Crippen LogP) is 2.67. The van der Waals surface area contributed by atoms with E-state index in [-0.39, 0.29) is 6.04 Å². The fourth-order valence-electron chi connectivity index (χ4n) is 2.02. The molecule has 3 rings (SSSR count). The van der Waals surface area contributed by atoms with Gasteiger partial charge in [-0.1, -0.05) is 11.6 Å². The summed E-state index contributed by atoms with van der Waals surface area (Å²) in [5, 5.41) is 2.74. The molecule has 18 heavy (non-hydrogen) atoms. The van der Waals surface area contributed by atoms with Crippen LogP contribution in [0.2, 0.25) is 5.02 Å². The van der Waals surface area contributed by atoms with Crippen molar-refractivity contribution in [3.05, 3.63) is 45.9 Å². The summed E-state index contributed by atoms with van der Waals surface area (Å²) in [6.45, 7) is 0.637. The third-order valence-electron chi connectivity index (χ3n) is 2.88. The Balaban J connectivity index is 1.97. The average molecular weight is 279 g/mol. The van der Waals surface area contributed by atoms with Crippen molar-refractivity contribution in [2.24, 2.45) is 10.7 Å². The summed E-state index contributed by atoms with van der Waals surface area (Å²) >= 11 is 7.48. The Bertz CT molecular complexity index is 564. The summed E-state index contributed by atoms with van der Waals surface area (Å²) in [6.07, 6.45) is 0. The molecule has 1 unspecified atom stereocenters. The third-order valence-corrected chi connectivity index (χ3v) is 3.74. The first-order chi connectivity index (χ1) is 8.75.